The highest BCUT2D eigenvalue weighted by atomic mass is 35.5. The van der Waals surface area contributed by atoms with Gasteiger partial charge in [0, 0.05) is 17.8 Å². The highest BCUT2D eigenvalue weighted by Gasteiger charge is 2.30. The van der Waals surface area contributed by atoms with Gasteiger partial charge in [0.15, 0.2) is 5.82 Å². The van der Waals surface area contributed by atoms with Crippen molar-refractivity contribution in [3.8, 4) is 0 Å². The van der Waals surface area contributed by atoms with Gasteiger partial charge in [0.2, 0.25) is 5.95 Å². The van der Waals surface area contributed by atoms with E-state index in [4.69, 9.17) is 11.6 Å². The number of aromatic nitrogens is 2. The second kappa shape index (κ2) is 9.60. The third kappa shape index (κ3) is 5.00. The fraction of sp³-hybridized carbons (Fsp3) is 0.292. The van der Waals surface area contributed by atoms with E-state index in [-0.39, 0.29) is 34.2 Å². The molecule has 1 atom stereocenters. The molecule has 1 fully saturated rings. The lowest BCUT2D eigenvalue weighted by Gasteiger charge is -2.25. The van der Waals surface area contributed by atoms with Crippen LogP contribution < -0.4 is 9.62 Å². The predicted octanol–water partition coefficient (Wildman–Crippen LogP) is 5.09. The van der Waals surface area contributed by atoms with Gasteiger partial charge in [0.25, 0.3) is 10.0 Å². The summed E-state index contributed by atoms with van der Waals surface area (Å²) in [5.74, 6) is -1.08. The zero-order chi connectivity index (χ0) is 24.5. The molecule has 178 valence electrons. The quantitative estimate of drug-likeness (QED) is 0.464. The van der Waals surface area contributed by atoms with Crippen LogP contribution in [0, 0.1) is 0 Å². The molecule has 1 unspecified atom stereocenters. The Balaban J connectivity index is 1.67. The predicted molar refractivity (Wildman–Crippen MR) is 131 cm³/mol. The molecule has 0 saturated carbocycles. The van der Waals surface area contributed by atoms with Gasteiger partial charge in [-0.1, -0.05) is 49.7 Å². The molecule has 2 heterocycles. The topological polar surface area (TPSA) is 112 Å². The average molecular weight is 501 g/mol. The first-order valence-electron chi connectivity index (χ1n) is 10.9. The van der Waals surface area contributed by atoms with Crippen LogP contribution in [0.3, 0.4) is 0 Å². The van der Waals surface area contributed by atoms with Gasteiger partial charge in [0.05, 0.1) is 10.9 Å². The molecule has 0 radical (unpaired) electrons. The summed E-state index contributed by atoms with van der Waals surface area (Å²) < 4.78 is 28.4. The van der Waals surface area contributed by atoms with Gasteiger partial charge in [-0.3, -0.25) is 4.72 Å². The number of nitrogens with one attached hydrogen (secondary N) is 1. The Kier molecular flexibility index (Phi) is 6.77. The van der Waals surface area contributed by atoms with E-state index in [1.807, 2.05) is 43.0 Å². The molecule has 3 aromatic rings. The molecular weight excluding hydrogens is 476 g/mol. The van der Waals surface area contributed by atoms with Gasteiger partial charge in [-0.05, 0) is 54.2 Å². The van der Waals surface area contributed by atoms with Crippen molar-refractivity contribution in [2.45, 2.75) is 43.5 Å². The van der Waals surface area contributed by atoms with E-state index >= 15 is 0 Å². The second-order valence-electron chi connectivity index (χ2n) is 8.47. The Bertz CT molecular complexity index is 1300. The van der Waals surface area contributed by atoms with Crippen LogP contribution in [-0.2, 0) is 10.0 Å². The van der Waals surface area contributed by atoms with Crippen LogP contribution in [0.4, 0.5) is 11.8 Å². The van der Waals surface area contributed by atoms with E-state index in [9.17, 15) is 18.3 Å². The van der Waals surface area contributed by atoms with Crippen molar-refractivity contribution < 1.29 is 18.3 Å². The first kappa shape index (κ1) is 24.0. The van der Waals surface area contributed by atoms with Crippen molar-refractivity contribution in [1.29, 1.82) is 0 Å². The van der Waals surface area contributed by atoms with E-state index in [2.05, 4.69) is 14.7 Å². The summed E-state index contributed by atoms with van der Waals surface area (Å²) in [5.41, 5.74) is 1.70. The van der Waals surface area contributed by atoms with E-state index < -0.39 is 16.0 Å². The summed E-state index contributed by atoms with van der Waals surface area (Å²) in [5, 5.41) is 10.2. The van der Waals surface area contributed by atoms with E-state index in [0.29, 0.717) is 11.6 Å². The number of anilines is 2. The van der Waals surface area contributed by atoms with Gasteiger partial charge < -0.3 is 10.0 Å². The van der Waals surface area contributed by atoms with Crippen LogP contribution >= 0.6 is 11.6 Å². The number of benzene rings is 2. The van der Waals surface area contributed by atoms with Gasteiger partial charge in [-0.15, -0.1) is 0 Å². The first-order chi connectivity index (χ1) is 16.2. The number of carboxylic acid groups (broad SMARTS) is 1. The Morgan fingerprint density at radius 3 is 2.44 bits per heavy atom. The van der Waals surface area contributed by atoms with Crippen molar-refractivity contribution in [2.75, 3.05) is 16.2 Å². The summed E-state index contributed by atoms with van der Waals surface area (Å²) >= 11 is 6.02. The van der Waals surface area contributed by atoms with Gasteiger partial charge >= 0.3 is 5.97 Å². The molecule has 8 nitrogen and oxygen atoms in total. The average Bonchev–Trinajstić information content (AvgIpc) is 3.29. The number of nitrogens with zero attached hydrogens (tertiary/aromatic N) is 3. The molecule has 2 aromatic carbocycles. The van der Waals surface area contributed by atoms with Crippen LogP contribution in [0.15, 0.2) is 59.6 Å². The lowest BCUT2D eigenvalue weighted by molar-refractivity contribution is 0.0697. The maximum Gasteiger partial charge on any atom is 0.341 e. The smallest absolute Gasteiger partial charge is 0.341 e. The van der Waals surface area contributed by atoms with Gasteiger partial charge in [-0.25, -0.2) is 18.2 Å². The molecule has 1 saturated heterocycles. The lowest BCUT2D eigenvalue weighted by Crippen LogP contribution is -2.26. The highest BCUT2D eigenvalue weighted by molar-refractivity contribution is 7.92. The maximum atomic E-state index is 13.0. The summed E-state index contributed by atoms with van der Waals surface area (Å²) in [4.78, 5) is 22.3. The van der Waals surface area contributed by atoms with Crippen LogP contribution in [0.5, 0.6) is 0 Å². The monoisotopic (exact) mass is 500 g/mol. The van der Waals surface area contributed by atoms with Gasteiger partial charge in [0.1, 0.15) is 5.56 Å². The number of rotatable bonds is 7. The maximum absolute atomic E-state index is 13.0. The number of hydrogen-bond acceptors (Lipinski definition) is 6. The first-order valence-corrected chi connectivity index (χ1v) is 12.8. The van der Waals surface area contributed by atoms with E-state index in [0.717, 1.165) is 30.2 Å². The molecule has 1 aliphatic rings. The minimum atomic E-state index is -4.06. The third-order valence-electron chi connectivity index (χ3n) is 5.86. The van der Waals surface area contributed by atoms with Crippen molar-refractivity contribution in [3.05, 3.63) is 76.4 Å². The molecule has 4 rings (SSSR count). The lowest BCUT2D eigenvalue weighted by atomic mass is 10.0. The SMILES string of the molecule is CC(C)c1ccc(S(=O)(=O)Nc2nc(N3CCCC3c3ccc(Cl)cc3)ncc2C(=O)O)cc1. The fourth-order valence-electron chi connectivity index (χ4n) is 4.00. The number of carbonyl (C=O) groups is 1. The second-order valence-corrected chi connectivity index (χ2v) is 10.6. The molecule has 1 aliphatic heterocycles. The third-order valence-corrected chi connectivity index (χ3v) is 7.47. The molecule has 0 bridgehead atoms. The van der Waals surface area contributed by atoms with Crippen molar-refractivity contribution in [2.24, 2.45) is 0 Å². The summed E-state index contributed by atoms with van der Waals surface area (Å²) in [7, 11) is -4.06. The minimum Gasteiger partial charge on any atom is -0.477 e. The summed E-state index contributed by atoms with van der Waals surface area (Å²) in [6, 6.07) is 13.9. The molecule has 0 aliphatic carbocycles. The summed E-state index contributed by atoms with van der Waals surface area (Å²) in [6.07, 6.45) is 2.89. The van der Waals surface area contributed by atoms with Crippen molar-refractivity contribution >= 4 is 39.4 Å². The molecule has 10 heteroatoms. The van der Waals surface area contributed by atoms with Crippen LogP contribution in [-0.4, -0.2) is 36.0 Å². The van der Waals surface area contributed by atoms with Crippen LogP contribution in [0.2, 0.25) is 5.02 Å². The number of hydrogen-bond donors (Lipinski definition) is 2. The molecule has 0 spiro atoms. The number of sulfonamides is 1. The van der Waals surface area contributed by atoms with Crippen molar-refractivity contribution in [1.82, 2.24) is 9.97 Å². The minimum absolute atomic E-state index is 0.0219. The largest absolute Gasteiger partial charge is 0.477 e. The van der Waals surface area contributed by atoms with Crippen LogP contribution in [0.1, 0.15) is 60.1 Å². The molecule has 2 N–H and O–H groups in total. The van der Waals surface area contributed by atoms with Gasteiger partial charge in [-0.2, -0.15) is 4.98 Å². The highest BCUT2D eigenvalue weighted by Crippen LogP contribution is 2.35. The Hall–Kier alpha value is -3.17. The van der Waals surface area contributed by atoms with Crippen molar-refractivity contribution in [3.63, 3.8) is 0 Å². The molecular formula is C24H25ClN4O4S. The standard InChI is InChI=1S/C24H25ClN4O4S/c1-15(2)16-7-11-19(12-8-16)34(32,33)28-22-20(23(30)31)14-26-24(27-22)29-13-3-4-21(29)17-5-9-18(25)10-6-17/h5-12,14-15,21H,3-4,13H2,1-2H3,(H,30,31)(H,26,27,28). The molecule has 0 amide bonds. The fourth-order valence-corrected chi connectivity index (χ4v) is 5.15. The number of aromatic carboxylic acids is 1. The Labute approximate surface area is 203 Å². The Morgan fingerprint density at radius 2 is 1.82 bits per heavy atom. The summed E-state index contributed by atoms with van der Waals surface area (Å²) in [6.45, 7) is 4.68. The number of halogens is 1. The zero-order valence-corrected chi connectivity index (χ0v) is 20.3. The van der Waals surface area contributed by atoms with Crippen LogP contribution in [0.25, 0.3) is 0 Å². The zero-order valence-electron chi connectivity index (χ0n) is 18.8. The normalized spacial score (nSPS) is 16.1. The molecule has 1 aromatic heterocycles. The number of carboxylic acids is 1. The van der Waals surface area contributed by atoms with E-state index in [1.165, 1.54) is 12.1 Å². The Morgan fingerprint density at radius 1 is 1.15 bits per heavy atom. The molecule has 34 heavy (non-hydrogen) atoms. The van der Waals surface area contributed by atoms with E-state index in [1.54, 1.807) is 12.1 Å².